The predicted molar refractivity (Wildman–Crippen MR) is 106 cm³/mol. The molecule has 1 atom stereocenters. The number of hydrogen-bond donors (Lipinski definition) is 1. The molecule has 0 spiro atoms. The normalized spacial score (nSPS) is 12.3. The SMILES string of the molecule is CCCNC(=O)C(C)Sc1ncnc2scc(-c3ccc(C)cc3)c12. The fourth-order valence-electron chi connectivity index (χ4n) is 2.50. The quantitative estimate of drug-likeness (QED) is 0.505. The number of nitrogens with zero attached hydrogens (tertiary/aromatic N) is 2. The van der Waals surface area contributed by atoms with Gasteiger partial charge < -0.3 is 5.32 Å². The van der Waals surface area contributed by atoms with E-state index in [1.165, 1.54) is 17.3 Å². The highest BCUT2D eigenvalue weighted by Crippen LogP contribution is 2.38. The van der Waals surface area contributed by atoms with Gasteiger partial charge in [0.1, 0.15) is 16.2 Å². The monoisotopic (exact) mass is 371 g/mol. The smallest absolute Gasteiger partial charge is 0.233 e. The van der Waals surface area contributed by atoms with Crippen molar-refractivity contribution in [3.8, 4) is 11.1 Å². The molecule has 3 aromatic rings. The Morgan fingerprint density at radius 3 is 2.76 bits per heavy atom. The molecule has 0 saturated heterocycles. The Hall–Kier alpha value is -1.92. The molecule has 25 heavy (non-hydrogen) atoms. The molecule has 130 valence electrons. The molecule has 2 aromatic heterocycles. The van der Waals surface area contributed by atoms with E-state index in [0.29, 0.717) is 6.54 Å². The van der Waals surface area contributed by atoms with E-state index < -0.39 is 0 Å². The van der Waals surface area contributed by atoms with Crippen LogP contribution in [-0.2, 0) is 4.79 Å². The summed E-state index contributed by atoms with van der Waals surface area (Å²) in [6, 6.07) is 8.46. The number of carbonyl (C=O) groups is 1. The third kappa shape index (κ3) is 4.02. The van der Waals surface area contributed by atoms with E-state index in [1.54, 1.807) is 17.7 Å². The molecule has 1 amide bonds. The zero-order chi connectivity index (χ0) is 17.8. The minimum absolute atomic E-state index is 0.0470. The second-order valence-electron chi connectivity index (χ2n) is 5.93. The van der Waals surface area contributed by atoms with Crippen LogP contribution in [0.4, 0.5) is 0 Å². The van der Waals surface area contributed by atoms with Gasteiger partial charge in [0.2, 0.25) is 5.91 Å². The number of fused-ring (bicyclic) bond motifs is 1. The highest BCUT2D eigenvalue weighted by Gasteiger charge is 2.19. The number of thioether (sulfide) groups is 1. The Bertz CT molecular complexity index is 874. The number of amides is 1. The predicted octanol–water partition coefficient (Wildman–Crippen LogP) is 4.67. The molecule has 0 aliphatic heterocycles. The largest absolute Gasteiger partial charge is 0.355 e. The van der Waals surface area contributed by atoms with Gasteiger partial charge in [-0.15, -0.1) is 11.3 Å². The fourth-order valence-corrected chi connectivity index (χ4v) is 4.43. The van der Waals surface area contributed by atoms with E-state index in [1.807, 2.05) is 13.8 Å². The third-order valence-corrected chi connectivity index (χ3v) is 5.89. The molecule has 2 heterocycles. The summed E-state index contributed by atoms with van der Waals surface area (Å²) < 4.78 is 0. The Labute approximate surface area is 156 Å². The lowest BCUT2D eigenvalue weighted by atomic mass is 10.1. The molecule has 0 radical (unpaired) electrons. The van der Waals surface area contributed by atoms with Crippen LogP contribution in [0.25, 0.3) is 21.3 Å². The molecule has 1 unspecified atom stereocenters. The van der Waals surface area contributed by atoms with Gasteiger partial charge in [-0.25, -0.2) is 9.97 Å². The fraction of sp³-hybridized carbons (Fsp3) is 0.316. The van der Waals surface area contributed by atoms with Crippen molar-refractivity contribution in [3.63, 3.8) is 0 Å². The number of nitrogens with one attached hydrogen (secondary N) is 1. The highest BCUT2D eigenvalue weighted by molar-refractivity contribution is 8.00. The Morgan fingerprint density at radius 2 is 2.04 bits per heavy atom. The molecule has 0 fully saturated rings. The minimum atomic E-state index is -0.199. The van der Waals surface area contributed by atoms with Crippen molar-refractivity contribution in [2.75, 3.05) is 6.54 Å². The van der Waals surface area contributed by atoms with Crippen LogP contribution < -0.4 is 5.32 Å². The topological polar surface area (TPSA) is 54.9 Å². The van der Waals surface area contributed by atoms with E-state index in [-0.39, 0.29) is 11.2 Å². The van der Waals surface area contributed by atoms with Gasteiger partial charge in [0.25, 0.3) is 0 Å². The molecule has 0 saturated carbocycles. The molecule has 0 aliphatic rings. The number of carbonyl (C=O) groups excluding carboxylic acids is 1. The van der Waals surface area contributed by atoms with Crippen LogP contribution in [0, 0.1) is 6.92 Å². The van der Waals surface area contributed by atoms with Crippen LogP contribution in [0.3, 0.4) is 0 Å². The summed E-state index contributed by atoms with van der Waals surface area (Å²) in [5.41, 5.74) is 3.51. The summed E-state index contributed by atoms with van der Waals surface area (Å²) in [6.07, 6.45) is 2.51. The molecule has 4 nitrogen and oxygen atoms in total. The molecular weight excluding hydrogens is 350 g/mol. The van der Waals surface area contributed by atoms with Gasteiger partial charge in [0, 0.05) is 17.5 Å². The van der Waals surface area contributed by atoms with Crippen molar-refractivity contribution >= 4 is 39.2 Å². The first-order valence-corrected chi connectivity index (χ1v) is 10.1. The van der Waals surface area contributed by atoms with E-state index in [2.05, 4.69) is 51.9 Å². The molecule has 0 aliphatic carbocycles. The maximum atomic E-state index is 12.2. The summed E-state index contributed by atoms with van der Waals surface area (Å²) in [6.45, 7) is 6.75. The molecule has 6 heteroatoms. The van der Waals surface area contributed by atoms with Crippen LogP contribution in [0.15, 0.2) is 41.0 Å². The first-order valence-electron chi connectivity index (χ1n) is 8.33. The summed E-state index contributed by atoms with van der Waals surface area (Å²) in [5, 5.41) is 6.77. The van der Waals surface area contributed by atoms with Crippen LogP contribution in [0.1, 0.15) is 25.8 Å². The number of aromatic nitrogens is 2. The van der Waals surface area contributed by atoms with Crippen LogP contribution in [-0.4, -0.2) is 27.7 Å². The molecule has 1 aromatic carbocycles. The van der Waals surface area contributed by atoms with Gasteiger partial charge in [0.05, 0.1) is 10.6 Å². The van der Waals surface area contributed by atoms with Gasteiger partial charge in [-0.2, -0.15) is 0 Å². The van der Waals surface area contributed by atoms with E-state index >= 15 is 0 Å². The van der Waals surface area contributed by atoms with Crippen molar-refractivity contribution in [2.24, 2.45) is 0 Å². The number of aryl methyl sites for hydroxylation is 1. The van der Waals surface area contributed by atoms with Crippen molar-refractivity contribution in [1.82, 2.24) is 15.3 Å². The van der Waals surface area contributed by atoms with Gasteiger partial charge in [-0.05, 0) is 25.8 Å². The van der Waals surface area contributed by atoms with E-state index in [0.717, 1.165) is 32.8 Å². The lowest BCUT2D eigenvalue weighted by molar-refractivity contribution is -0.120. The highest BCUT2D eigenvalue weighted by atomic mass is 32.2. The molecular formula is C19H21N3OS2. The van der Waals surface area contributed by atoms with E-state index in [4.69, 9.17) is 0 Å². The summed E-state index contributed by atoms with van der Waals surface area (Å²) in [4.78, 5) is 22.0. The number of thiophene rings is 1. The maximum Gasteiger partial charge on any atom is 0.233 e. The summed E-state index contributed by atoms with van der Waals surface area (Å²) in [7, 11) is 0. The van der Waals surface area contributed by atoms with Crippen molar-refractivity contribution in [1.29, 1.82) is 0 Å². The second kappa shape index (κ2) is 7.97. The van der Waals surface area contributed by atoms with Crippen LogP contribution >= 0.6 is 23.1 Å². The third-order valence-electron chi connectivity index (χ3n) is 3.90. The van der Waals surface area contributed by atoms with E-state index in [9.17, 15) is 4.79 Å². The Balaban J connectivity index is 1.94. The van der Waals surface area contributed by atoms with Crippen molar-refractivity contribution in [3.05, 3.63) is 41.5 Å². The minimum Gasteiger partial charge on any atom is -0.355 e. The van der Waals surface area contributed by atoms with Gasteiger partial charge in [-0.3, -0.25) is 4.79 Å². The van der Waals surface area contributed by atoms with Gasteiger partial charge in [0.15, 0.2) is 0 Å². The zero-order valence-corrected chi connectivity index (χ0v) is 16.2. The maximum absolute atomic E-state index is 12.2. The first kappa shape index (κ1) is 17.9. The summed E-state index contributed by atoms with van der Waals surface area (Å²) in [5.74, 6) is 0.0470. The number of rotatable bonds is 6. The molecule has 0 bridgehead atoms. The Morgan fingerprint density at radius 1 is 1.28 bits per heavy atom. The van der Waals surface area contributed by atoms with Crippen LogP contribution in [0.5, 0.6) is 0 Å². The number of benzene rings is 1. The average Bonchev–Trinajstić information content (AvgIpc) is 3.05. The average molecular weight is 372 g/mol. The van der Waals surface area contributed by atoms with Gasteiger partial charge in [-0.1, -0.05) is 48.5 Å². The lowest BCUT2D eigenvalue weighted by Crippen LogP contribution is -2.31. The lowest BCUT2D eigenvalue weighted by Gasteiger charge is -2.12. The van der Waals surface area contributed by atoms with Crippen molar-refractivity contribution < 1.29 is 4.79 Å². The summed E-state index contributed by atoms with van der Waals surface area (Å²) >= 11 is 3.10. The number of hydrogen-bond acceptors (Lipinski definition) is 5. The van der Waals surface area contributed by atoms with Gasteiger partial charge >= 0.3 is 0 Å². The standard InChI is InChI=1S/C19H21N3OS2/c1-4-9-20-17(23)13(3)25-19-16-15(10-24-18(16)21-11-22-19)14-7-5-12(2)6-8-14/h5-8,10-11,13H,4,9H2,1-3H3,(H,20,23). The first-order chi connectivity index (χ1) is 12.1. The van der Waals surface area contributed by atoms with Crippen LogP contribution in [0.2, 0.25) is 0 Å². The molecule has 1 N–H and O–H groups in total. The second-order valence-corrected chi connectivity index (χ2v) is 8.11. The van der Waals surface area contributed by atoms with Crippen molar-refractivity contribution in [2.45, 2.75) is 37.5 Å². The Kier molecular flexibility index (Phi) is 5.71. The molecule has 3 rings (SSSR count). The zero-order valence-electron chi connectivity index (χ0n) is 14.6.